The quantitative estimate of drug-likeness (QED) is 0.744. The second-order valence-corrected chi connectivity index (χ2v) is 5.61. The monoisotopic (exact) mass is 383 g/mol. The van der Waals surface area contributed by atoms with E-state index in [-0.39, 0.29) is 18.0 Å². The highest BCUT2D eigenvalue weighted by Crippen LogP contribution is 2.11. The van der Waals surface area contributed by atoms with Crippen molar-refractivity contribution in [2.24, 2.45) is 5.73 Å². The molecule has 0 spiro atoms. The Kier molecular flexibility index (Phi) is 5.33. The zero-order valence-electron chi connectivity index (χ0n) is 11.6. The Morgan fingerprint density at radius 2 is 1.95 bits per heavy atom. The number of hydrogen-bond donors (Lipinski definition) is 1. The molecule has 116 valence electrons. The summed E-state index contributed by atoms with van der Waals surface area (Å²) in [5.41, 5.74) is 7.04. The van der Waals surface area contributed by atoms with Crippen molar-refractivity contribution in [3.05, 3.63) is 57.2 Å². The van der Waals surface area contributed by atoms with Crippen LogP contribution in [-0.2, 0) is 13.1 Å². The summed E-state index contributed by atoms with van der Waals surface area (Å²) in [5, 5.41) is 4.68. The van der Waals surface area contributed by atoms with Crippen LogP contribution in [0.25, 0.3) is 11.0 Å². The Morgan fingerprint density at radius 3 is 2.64 bits per heavy atom. The maximum atomic E-state index is 12.4. The lowest BCUT2D eigenvalue weighted by Crippen LogP contribution is -2.21. The van der Waals surface area contributed by atoms with Crippen LogP contribution in [0.4, 0.5) is 0 Å². The van der Waals surface area contributed by atoms with E-state index in [1.807, 2.05) is 24.3 Å². The van der Waals surface area contributed by atoms with Crippen LogP contribution in [-0.4, -0.2) is 25.9 Å². The average molecular weight is 385 g/mol. The van der Waals surface area contributed by atoms with E-state index in [0.717, 1.165) is 10.0 Å². The van der Waals surface area contributed by atoms with Gasteiger partial charge in [0.15, 0.2) is 5.65 Å². The molecule has 3 aromatic rings. The molecule has 0 aliphatic heterocycles. The molecule has 0 fully saturated rings. The molecule has 6 nitrogen and oxygen atoms in total. The summed E-state index contributed by atoms with van der Waals surface area (Å²) in [5.74, 6) is 0. The van der Waals surface area contributed by atoms with Crippen molar-refractivity contribution >= 4 is 39.4 Å². The van der Waals surface area contributed by atoms with Gasteiger partial charge in [0.2, 0.25) is 0 Å². The lowest BCUT2D eigenvalue weighted by Gasteiger charge is -2.06. The molecule has 0 saturated carbocycles. The number of aromatic nitrogens is 4. The Morgan fingerprint density at radius 1 is 1.23 bits per heavy atom. The van der Waals surface area contributed by atoms with Gasteiger partial charge in [0, 0.05) is 11.0 Å². The first-order valence-corrected chi connectivity index (χ1v) is 7.34. The highest BCUT2D eigenvalue weighted by molar-refractivity contribution is 9.10. The highest BCUT2D eigenvalue weighted by atomic mass is 79.9. The molecule has 1 aromatic carbocycles. The lowest BCUT2D eigenvalue weighted by atomic mass is 10.2. The standard InChI is InChI=1S/C14H14BrN5O.ClH/c15-11-3-1-10(2-4-11)8-19-9-17-13-12(14(19)21)7-18-20(13)6-5-16;/h1-4,7,9H,5-6,8,16H2;1H. The summed E-state index contributed by atoms with van der Waals surface area (Å²) < 4.78 is 4.25. The summed E-state index contributed by atoms with van der Waals surface area (Å²) in [4.78, 5) is 16.8. The van der Waals surface area contributed by atoms with E-state index >= 15 is 0 Å². The van der Waals surface area contributed by atoms with Gasteiger partial charge in [-0.15, -0.1) is 12.4 Å². The molecule has 0 aliphatic rings. The smallest absolute Gasteiger partial charge is 0.264 e. The number of fused-ring (bicyclic) bond motifs is 1. The minimum atomic E-state index is -0.0915. The van der Waals surface area contributed by atoms with E-state index in [1.165, 1.54) is 0 Å². The maximum Gasteiger partial charge on any atom is 0.264 e. The fraction of sp³-hybridized carbons (Fsp3) is 0.214. The van der Waals surface area contributed by atoms with Crippen molar-refractivity contribution in [1.82, 2.24) is 19.3 Å². The van der Waals surface area contributed by atoms with Crippen molar-refractivity contribution in [2.75, 3.05) is 6.54 Å². The first-order chi connectivity index (χ1) is 10.2. The summed E-state index contributed by atoms with van der Waals surface area (Å²) in [6.07, 6.45) is 3.11. The molecule has 0 amide bonds. The molecule has 22 heavy (non-hydrogen) atoms. The molecule has 0 radical (unpaired) electrons. The van der Waals surface area contributed by atoms with E-state index in [9.17, 15) is 4.79 Å². The van der Waals surface area contributed by atoms with Gasteiger partial charge in [-0.1, -0.05) is 28.1 Å². The fourth-order valence-electron chi connectivity index (χ4n) is 2.18. The number of rotatable bonds is 4. The van der Waals surface area contributed by atoms with Gasteiger partial charge in [0.05, 0.1) is 19.3 Å². The van der Waals surface area contributed by atoms with Gasteiger partial charge in [-0.25, -0.2) is 9.67 Å². The maximum absolute atomic E-state index is 12.4. The van der Waals surface area contributed by atoms with Crippen molar-refractivity contribution < 1.29 is 0 Å². The van der Waals surface area contributed by atoms with Crippen LogP contribution in [0.3, 0.4) is 0 Å². The summed E-state index contributed by atoms with van der Waals surface area (Å²) >= 11 is 3.39. The molecule has 8 heteroatoms. The molecule has 0 aliphatic carbocycles. The first-order valence-electron chi connectivity index (χ1n) is 6.54. The Bertz CT molecular complexity index is 827. The largest absolute Gasteiger partial charge is 0.329 e. The van der Waals surface area contributed by atoms with E-state index in [2.05, 4.69) is 26.0 Å². The molecular weight excluding hydrogens is 370 g/mol. The van der Waals surface area contributed by atoms with Gasteiger partial charge in [-0.3, -0.25) is 9.36 Å². The van der Waals surface area contributed by atoms with Crippen molar-refractivity contribution in [2.45, 2.75) is 13.1 Å². The van der Waals surface area contributed by atoms with Gasteiger partial charge in [-0.05, 0) is 17.7 Å². The second kappa shape index (κ2) is 7.04. The van der Waals surface area contributed by atoms with Crippen LogP contribution in [0.2, 0.25) is 0 Å². The van der Waals surface area contributed by atoms with Crippen LogP contribution in [0.5, 0.6) is 0 Å². The number of halogens is 2. The number of nitrogens with zero attached hydrogens (tertiary/aromatic N) is 4. The Hall–Kier alpha value is -1.70. The summed E-state index contributed by atoms with van der Waals surface area (Å²) in [6.45, 7) is 1.49. The normalized spacial score (nSPS) is 10.6. The first kappa shape index (κ1) is 16.7. The average Bonchev–Trinajstić information content (AvgIpc) is 2.89. The second-order valence-electron chi connectivity index (χ2n) is 4.70. The predicted octanol–water partition coefficient (Wildman–Crippen LogP) is 1.78. The molecule has 0 unspecified atom stereocenters. The molecule has 0 bridgehead atoms. The van der Waals surface area contributed by atoms with Crippen LogP contribution in [0, 0.1) is 0 Å². The van der Waals surface area contributed by atoms with Crippen molar-refractivity contribution in [1.29, 1.82) is 0 Å². The molecular formula is C14H15BrClN5O. The summed E-state index contributed by atoms with van der Waals surface area (Å²) in [6, 6.07) is 7.84. The summed E-state index contributed by atoms with van der Waals surface area (Å²) in [7, 11) is 0. The Labute approximate surface area is 141 Å². The van der Waals surface area contributed by atoms with Gasteiger partial charge < -0.3 is 5.73 Å². The van der Waals surface area contributed by atoms with Crippen LogP contribution >= 0.6 is 28.3 Å². The van der Waals surface area contributed by atoms with Gasteiger partial charge in [0.1, 0.15) is 11.7 Å². The zero-order valence-corrected chi connectivity index (χ0v) is 14.0. The number of benzene rings is 1. The third-order valence-corrected chi connectivity index (χ3v) is 3.76. The van der Waals surface area contributed by atoms with E-state index < -0.39 is 0 Å². The lowest BCUT2D eigenvalue weighted by molar-refractivity contribution is 0.637. The SMILES string of the molecule is Cl.NCCn1ncc2c(=O)n(Cc3ccc(Br)cc3)cnc21. The van der Waals surface area contributed by atoms with Crippen molar-refractivity contribution in [3.63, 3.8) is 0 Å². The topological polar surface area (TPSA) is 78.7 Å². The minimum Gasteiger partial charge on any atom is -0.329 e. The van der Waals surface area contributed by atoms with Crippen LogP contribution in [0.15, 0.2) is 46.1 Å². The molecule has 0 atom stereocenters. The third kappa shape index (κ3) is 3.21. The highest BCUT2D eigenvalue weighted by Gasteiger charge is 2.09. The molecule has 2 aromatic heterocycles. The number of nitrogens with two attached hydrogens (primary N) is 1. The molecule has 3 rings (SSSR count). The Balaban J connectivity index is 0.00000176. The third-order valence-electron chi connectivity index (χ3n) is 3.23. The fourth-order valence-corrected chi connectivity index (χ4v) is 2.45. The molecule has 0 saturated heterocycles. The van der Waals surface area contributed by atoms with Gasteiger partial charge in [-0.2, -0.15) is 5.10 Å². The van der Waals surface area contributed by atoms with E-state index in [0.29, 0.717) is 30.7 Å². The molecule has 2 N–H and O–H groups in total. The van der Waals surface area contributed by atoms with Crippen LogP contribution < -0.4 is 11.3 Å². The van der Waals surface area contributed by atoms with Gasteiger partial charge >= 0.3 is 0 Å². The van der Waals surface area contributed by atoms with Crippen LogP contribution in [0.1, 0.15) is 5.56 Å². The number of hydrogen-bond acceptors (Lipinski definition) is 4. The zero-order chi connectivity index (χ0) is 14.8. The van der Waals surface area contributed by atoms with E-state index in [4.69, 9.17) is 5.73 Å². The van der Waals surface area contributed by atoms with Gasteiger partial charge in [0.25, 0.3) is 5.56 Å². The predicted molar refractivity (Wildman–Crippen MR) is 91.3 cm³/mol. The van der Waals surface area contributed by atoms with E-state index in [1.54, 1.807) is 21.8 Å². The molecule has 2 heterocycles. The van der Waals surface area contributed by atoms with Crippen molar-refractivity contribution in [3.8, 4) is 0 Å². The minimum absolute atomic E-state index is 0.